The van der Waals surface area contributed by atoms with E-state index in [9.17, 15) is 4.79 Å². The molecule has 0 saturated carbocycles. The predicted octanol–water partition coefficient (Wildman–Crippen LogP) is 0.625. The second-order valence-electron chi connectivity index (χ2n) is 2.82. The van der Waals surface area contributed by atoms with E-state index < -0.39 is 5.97 Å². The van der Waals surface area contributed by atoms with Gasteiger partial charge < -0.3 is 10.4 Å². The monoisotopic (exact) mass is 155 g/mol. The molecule has 0 aromatic carbocycles. The van der Waals surface area contributed by atoms with E-state index in [1.165, 1.54) is 0 Å². The fraction of sp³-hybridized carbons (Fsp3) is 0.625. The van der Waals surface area contributed by atoms with Crippen molar-refractivity contribution in [3.8, 4) is 0 Å². The lowest BCUT2D eigenvalue weighted by Crippen LogP contribution is -2.29. The molecule has 1 fully saturated rings. The summed E-state index contributed by atoms with van der Waals surface area (Å²) in [5, 5.41) is 11.6. The van der Waals surface area contributed by atoms with E-state index in [1.54, 1.807) is 0 Å². The molecule has 3 nitrogen and oxygen atoms in total. The first-order valence-corrected chi connectivity index (χ1v) is 3.83. The summed E-state index contributed by atoms with van der Waals surface area (Å²) in [6, 6.07) is -0.337. The van der Waals surface area contributed by atoms with Crippen LogP contribution in [0.15, 0.2) is 12.2 Å². The first kappa shape index (κ1) is 8.27. The van der Waals surface area contributed by atoms with Crippen LogP contribution in [0.4, 0.5) is 0 Å². The maximum atomic E-state index is 10.5. The van der Waals surface area contributed by atoms with Gasteiger partial charge in [0.1, 0.15) is 6.04 Å². The number of carboxylic acids is 1. The van der Waals surface area contributed by atoms with Crippen molar-refractivity contribution in [1.82, 2.24) is 5.32 Å². The topological polar surface area (TPSA) is 49.3 Å². The zero-order valence-electron chi connectivity index (χ0n) is 6.58. The molecule has 2 N–H and O–H groups in total. The van der Waals surface area contributed by atoms with Crippen LogP contribution in [0.25, 0.3) is 0 Å². The van der Waals surface area contributed by atoms with Gasteiger partial charge in [-0.3, -0.25) is 4.79 Å². The molecule has 0 bridgehead atoms. The highest BCUT2D eigenvalue weighted by atomic mass is 16.4. The van der Waals surface area contributed by atoms with E-state index in [2.05, 4.69) is 11.4 Å². The van der Waals surface area contributed by atoms with Crippen LogP contribution in [-0.4, -0.2) is 23.7 Å². The van der Waals surface area contributed by atoms with Crippen LogP contribution >= 0.6 is 0 Å². The van der Waals surface area contributed by atoms with Crippen LogP contribution in [0.5, 0.6) is 0 Å². The maximum Gasteiger partial charge on any atom is 0.320 e. The molecule has 1 aliphatic heterocycles. The van der Waals surface area contributed by atoms with Crippen molar-refractivity contribution in [2.24, 2.45) is 5.92 Å². The first-order chi connectivity index (χ1) is 5.24. The Morgan fingerprint density at radius 1 is 1.73 bits per heavy atom. The van der Waals surface area contributed by atoms with Gasteiger partial charge in [-0.25, -0.2) is 0 Å². The minimum absolute atomic E-state index is 0.337. The van der Waals surface area contributed by atoms with Crippen LogP contribution in [0.2, 0.25) is 0 Å². The second-order valence-corrected chi connectivity index (χ2v) is 2.82. The highest BCUT2D eigenvalue weighted by molar-refractivity contribution is 5.73. The minimum atomic E-state index is -0.739. The van der Waals surface area contributed by atoms with Gasteiger partial charge in [0.05, 0.1) is 0 Å². The van der Waals surface area contributed by atoms with E-state index in [-0.39, 0.29) is 6.04 Å². The lowest BCUT2D eigenvalue weighted by atomic mass is 10.1. The summed E-state index contributed by atoms with van der Waals surface area (Å²) in [5.74, 6) is -0.335. The second kappa shape index (κ2) is 3.53. The van der Waals surface area contributed by atoms with Gasteiger partial charge in [-0.05, 0) is 19.3 Å². The Balaban J connectivity index is 2.40. The van der Waals surface area contributed by atoms with Crippen LogP contribution in [0, 0.1) is 5.92 Å². The summed E-state index contributed by atoms with van der Waals surface area (Å²) in [7, 11) is 0. The zero-order valence-corrected chi connectivity index (χ0v) is 6.58. The van der Waals surface area contributed by atoms with E-state index in [0.717, 1.165) is 13.0 Å². The van der Waals surface area contributed by atoms with Crippen molar-refractivity contribution in [2.75, 3.05) is 6.54 Å². The summed E-state index contributed by atoms with van der Waals surface area (Å²) in [6.07, 6.45) is 4.74. The number of hydrogen-bond donors (Lipinski definition) is 2. The van der Waals surface area contributed by atoms with Crippen molar-refractivity contribution < 1.29 is 9.90 Å². The molecule has 3 heteroatoms. The van der Waals surface area contributed by atoms with Crippen molar-refractivity contribution in [1.29, 1.82) is 0 Å². The van der Waals surface area contributed by atoms with Gasteiger partial charge in [-0.1, -0.05) is 12.2 Å². The third-order valence-corrected chi connectivity index (χ3v) is 1.93. The molecule has 62 valence electrons. The molecule has 0 spiro atoms. The fourth-order valence-corrected chi connectivity index (χ4v) is 1.37. The SMILES string of the molecule is CC=CC1CNC(C(=O)O)C1. The predicted molar refractivity (Wildman–Crippen MR) is 42.3 cm³/mol. The van der Waals surface area contributed by atoms with Gasteiger partial charge in [-0.15, -0.1) is 0 Å². The molecule has 2 unspecified atom stereocenters. The first-order valence-electron chi connectivity index (χ1n) is 3.83. The molecule has 1 rings (SSSR count). The third-order valence-electron chi connectivity index (χ3n) is 1.93. The van der Waals surface area contributed by atoms with E-state index >= 15 is 0 Å². The van der Waals surface area contributed by atoms with Crippen molar-refractivity contribution in [2.45, 2.75) is 19.4 Å². The lowest BCUT2D eigenvalue weighted by Gasteiger charge is -2.00. The summed E-state index contributed by atoms with van der Waals surface area (Å²) in [4.78, 5) is 10.5. The number of nitrogens with one attached hydrogen (secondary N) is 1. The smallest absolute Gasteiger partial charge is 0.320 e. The minimum Gasteiger partial charge on any atom is -0.480 e. The summed E-state index contributed by atoms with van der Waals surface area (Å²) in [5.41, 5.74) is 0. The van der Waals surface area contributed by atoms with Gasteiger partial charge in [0, 0.05) is 6.54 Å². The van der Waals surface area contributed by atoms with Gasteiger partial charge in [0.15, 0.2) is 0 Å². The average Bonchev–Trinajstić information content (AvgIpc) is 2.37. The Kier molecular flexibility index (Phi) is 2.65. The molecule has 1 saturated heterocycles. The van der Waals surface area contributed by atoms with Gasteiger partial charge in [0.2, 0.25) is 0 Å². The molecule has 1 heterocycles. The number of aliphatic carboxylic acids is 1. The Bertz CT molecular complexity index is 177. The molecule has 1 aliphatic rings. The third kappa shape index (κ3) is 2.05. The lowest BCUT2D eigenvalue weighted by molar-refractivity contribution is -0.139. The summed E-state index contributed by atoms with van der Waals surface area (Å²) < 4.78 is 0. The van der Waals surface area contributed by atoms with E-state index in [4.69, 9.17) is 5.11 Å². The highest BCUT2D eigenvalue weighted by Crippen LogP contribution is 2.14. The van der Waals surface area contributed by atoms with E-state index in [0.29, 0.717) is 5.92 Å². The summed E-state index contributed by atoms with van der Waals surface area (Å²) in [6.45, 7) is 2.75. The van der Waals surface area contributed by atoms with Crippen LogP contribution < -0.4 is 5.32 Å². The maximum absolute atomic E-state index is 10.5. The van der Waals surface area contributed by atoms with Crippen LogP contribution in [0.3, 0.4) is 0 Å². The molecule has 2 atom stereocenters. The fourth-order valence-electron chi connectivity index (χ4n) is 1.37. The zero-order chi connectivity index (χ0) is 8.27. The molecule has 11 heavy (non-hydrogen) atoms. The Morgan fingerprint density at radius 3 is 2.91 bits per heavy atom. The largest absolute Gasteiger partial charge is 0.480 e. The quantitative estimate of drug-likeness (QED) is 0.575. The molecular weight excluding hydrogens is 142 g/mol. The van der Waals surface area contributed by atoms with Crippen molar-refractivity contribution in [3.05, 3.63) is 12.2 Å². The number of carboxylic acid groups (broad SMARTS) is 1. The molecule has 0 radical (unpaired) electrons. The van der Waals surface area contributed by atoms with Gasteiger partial charge in [0.25, 0.3) is 0 Å². The number of hydrogen-bond acceptors (Lipinski definition) is 2. The average molecular weight is 155 g/mol. The number of allylic oxidation sites excluding steroid dienone is 1. The normalized spacial score (nSPS) is 31.4. The molecular formula is C8H13NO2. The molecule has 0 aromatic heterocycles. The van der Waals surface area contributed by atoms with Crippen LogP contribution in [-0.2, 0) is 4.79 Å². The van der Waals surface area contributed by atoms with Crippen molar-refractivity contribution in [3.63, 3.8) is 0 Å². The number of rotatable bonds is 2. The van der Waals surface area contributed by atoms with Gasteiger partial charge >= 0.3 is 5.97 Å². The molecule has 0 aliphatic carbocycles. The van der Waals surface area contributed by atoms with Crippen molar-refractivity contribution >= 4 is 5.97 Å². The highest BCUT2D eigenvalue weighted by Gasteiger charge is 2.26. The standard InChI is InChI=1S/C8H13NO2/c1-2-3-6-4-7(8(10)11)9-5-6/h2-3,6-7,9H,4-5H2,1H3,(H,10,11). The Labute approximate surface area is 66.1 Å². The molecule has 0 amide bonds. The molecule has 0 aromatic rings. The Morgan fingerprint density at radius 2 is 2.45 bits per heavy atom. The van der Waals surface area contributed by atoms with Crippen LogP contribution in [0.1, 0.15) is 13.3 Å². The van der Waals surface area contributed by atoms with Gasteiger partial charge in [-0.2, -0.15) is 0 Å². The number of carbonyl (C=O) groups is 1. The summed E-state index contributed by atoms with van der Waals surface area (Å²) >= 11 is 0. The van der Waals surface area contributed by atoms with E-state index in [1.807, 2.05) is 13.0 Å². The Hall–Kier alpha value is -0.830.